The lowest BCUT2D eigenvalue weighted by atomic mass is 10.2. The van der Waals surface area contributed by atoms with Gasteiger partial charge in [-0.25, -0.2) is 20.0 Å². The molecule has 0 bridgehead atoms. The molecule has 1 aliphatic carbocycles. The molecule has 0 amide bonds. The van der Waals surface area contributed by atoms with Crippen molar-refractivity contribution in [2.45, 2.75) is 44.8 Å². The van der Waals surface area contributed by atoms with E-state index in [1.54, 1.807) is 6.20 Å². The molecule has 2 heterocycles. The van der Waals surface area contributed by atoms with Crippen LogP contribution < -0.4 is 11.1 Å². The highest BCUT2D eigenvalue weighted by atomic mass is 16.3. The average molecular weight is 367 g/mol. The van der Waals surface area contributed by atoms with Crippen molar-refractivity contribution in [1.82, 2.24) is 10.3 Å². The molecule has 0 aromatic rings. The summed E-state index contributed by atoms with van der Waals surface area (Å²) < 4.78 is 0. The van der Waals surface area contributed by atoms with E-state index in [0.717, 1.165) is 35.7 Å². The Hall–Kier alpha value is -3.00. The maximum atomic E-state index is 9.90. The Morgan fingerprint density at radius 2 is 2.26 bits per heavy atom. The zero-order chi connectivity index (χ0) is 19.4. The lowest BCUT2D eigenvalue weighted by molar-refractivity contribution is 0.172. The molecule has 4 N–H and O–H groups in total. The first-order valence-corrected chi connectivity index (χ1v) is 8.93. The topological polar surface area (TPSA) is 111 Å². The summed E-state index contributed by atoms with van der Waals surface area (Å²) in [5.41, 5.74) is 7.98. The van der Waals surface area contributed by atoms with E-state index in [4.69, 9.17) is 10.8 Å². The fourth-order valence-electron chi connectivity index (χ4n) is 3.23. The second kappa shape index (κ2) is 8.13. The molecule has 3 aliphatic rings. The third-order valence-corrected chi connectivity index (χ3v) is 4.51. The van der Waals surface area contributed by atoms with Crippen LogP contribution >= 0.6 is 0 Å². The SMILES string of the molecule is C=C(N)/N=C\N=C1/CC(C2=CC(=C)/C(=N\C=C/C)N2)=NN1C1CCC(O)C1. The van der Waals surface area contributed by atoms with Crippen molar-refractivity contribution in [3.8, 4) is 0 Å². The number of hydrogen-bond acceptors (Lipinski definition) is 5. The summed E-state index contributed by atoms with van der Waals surface area (Å²) in [6.45, 7) is 9.46. The number of amidine groups is 2. The van der Waals surface area contributed by atoms with Crippen LogP contribution in [-0.4, -0.2) is 46.0 Å². The Balaban J connectivity index is 1.83. The molecule has 8 nitrogen and oxygen atoms in total. The van der Waals surface area contributed by atoms with Gasteiger partial charge in [0.05, 0.1) is 30.0 Å². The summed E-state index contributed by atoms with van der Waals surface area (Å²) in [6, 6.07) is 0.118. The number of nitrogens with two attached hydrogens (primary N) is 1. The molecular weight excluding hydrogens is 342 g/mol. The molecule has 0 radical (unpaired) electrons. The first-order chi connectivity index (χ1) is 13.0. The lowest BCUT2D eigenvalue weighted by Gasteiger charge is -2.22. The summed E-state index contributed by atoms with van der Waals surface area (Å²) in [5.74, 6) is 1.67. The van der Waals surface area contributed by atoms with Crippen LogP contribution in [0.1, 0.15) is 32.6 Å². The summed E-state index contributed by atoms with van der Waals surface area (Å²) in [7, 11) is 0. The average Bonchev–Trinajstić information content (AvgIpc) is 3.31. The van der Waals surface area contributed by atoms with Gasteiger partial charge < -0.3 is 16.2 Å². The van der Waals surface area contributed by atoms with Gasteiger partial charge in [0.1, 0.15) is 23.8 Å². The molecule has 8 heteroatoms. The summed E-state index contributed by atoms with van der Waals surface area (Å²) in [4.78, 5) is 12.7. The fraction of sp³-hybridized carbons (Fsp3) is 0.368. The van der Waals surface area contributed by atoms with Crippen molar-refractivity contribution in [3.05, 3.63) is 48.6 Å². The van der Waals surface area contributed by atoms with Gasteiger partial charge in [0.2, 0.25) is 0 Å². The third kappa shape index (κ3) is 4.40. The van der Waals surface area contributed by atoms with Gasteiger partial charge in [0.15, 0.2) is 0 Å². The van der Waals surface area contributed by atoms with Gasteiger partial charge in [-0.3, -0.25) is 0 Å². The number of aliphatic hydroxyl groups excluding tert-OH is 1. The molecule has 142 valence electrons. The van der Waals surface area contributed by atoms with Crippen molar-refractivity contribution in [3.63, 3.8) is 0 Å². The van der Waals surface area contributed by atoms with Crippen molar-refractivity contribution in [1.29, 1.82) is 0 Å². The predicted molar refractivity (Wildman–Crippen MR) is 109 cm³/mol. The van der Waals surface area contributed by atoms with E-state index < -0.39 is 0 Å². The number of rotatable bonds is 5. The minimum Gasteiger partial charge on any atom is -0.393 e. The molecule has 0 aromatic carbocycles. The van der Waals surface area contributed by atoms with Crippen molar-refractivity contribution < 1.29 is 5.11 Å². The standard InChI is InChI=1S/C19H25N7O/c1-4-7-21-19-12(2)8-16(24-19)17-10-18(23-11-22-13(3)20)26(25-17)14-5-6-15(27)9-14/h4,7-8,11,14-15,27H,2-3,5-6,9-10,20H2,1H3,(H,21,24)/b7-4-,22-11-,23-18+. The van der Waals surface area contributed by atoms with Gasteiger partial charge in [-0.2, -0.15) is 5.10 Å². The normalized spacial score (nSPS) is 28.7. The van der Waals surface area contributed by atoms with E-state index in [2.05, 4.69) is 33.5 Å². The van der Waals surface area contributed by atoms with Gasteiger partial charge in [-0.15, -0.1) is 0 Å². The number of nitrogens with one attached hydrogen (secondary N) is 1. The zero-order valence-electron chi connectivity index (χ0n) is 15.5. The highest BCUT2D eigenvalue weighted by molar-refractivity contribution is 6.20. The van der Waals surface area contributed by atoms with E-state index in [9.17, 15) is 5.11 Å². The quantitative estimate of drug-likeness (QED) is 0.508. The Morgan fingerprint density at radius 1 is 1.44 bits per heavy atom. The molecule has 1 fully saturated rings. The number of aliphatic hydroxyl groups is 1. The van der Waals surface area contributed by atoms with Gasteiger partial charge in [-0.1, -0.05) is 19.2 Å². The van der Waals surface area contributed by atoms with Crippen molar-refractivity contribution >= 4 is 23.7 Å². The van der Waals surface area contributed by atoms with Gasteiger partial charge >= 0.3 is 0 Å². The van der Waals surface area contributed by atoms with Crippen LogP contribution in [0.2, 0.25) is 0 Å². The van der Waals surface area contributed by atoms with E-state index in [0.29, 0.717) is 18.7 Å². The van der Waals surface area contributed by atoms with Crippen LogP contribution in [0, 0.1) is 0 Å². The Labute approximate surface area is 159 Å². The zero-order valence-corrected chi connectivity index (χ0v) is 15.5. The highest BCUT2D eigenvalue weighted by Gasteiger charge is 2.35. The molecule has 0 saturated heterocycles. The van der Waals surface area contributed by atoms with E-state index in [1.807, 2.05) is 24.1 Å². The van der Waals surface area contributed by atoms with Crippen LogP contribution in [-0.2, 0) is 0 Å². The summed E-state index contributed by atoms with van der Waals surface area (Å²) in [6.07, 6.45) is 9.45. The first kappa shape index (κ1) is 18.8. The molecule has 2 atom stereocenters. The first-order valence-electron chi connectivity index (χ1n) is 8.93. The van der Waals surface area contributed by atoms with Crippen molar-refractivity contribution in [2.75, 3.05) is 0 Å². The number of hydrogen-bond donors (Lipinski definition) is 3. The van der Waals surface area contributed by atoms with E-state index in [-0.39, 0.29) is 18.0 Å². The Morgan fingerprint density at radius 3 is 2.93 bits per heavy atom. The van der Waals surface area contributed by atoms with Gasteiger partial charge in [-0.05, 0) is 32.3 Å². The van der Waals surface area contributed by atoms with Crippen LogP contribution in [0.3, 0.4) is 0 Å². The second-order valence-electron chi connectivity index (χ2n) is 6.64. The molecular formula is C19H25N7O. The minimum absolute atomic E-state index is 0.118. The molecule has 0 aromatic heterocycles. The molecule has 1 saturated carbocycles. The summed E-state index contributed by atoms with van der Waals surface area (Å²) >= 11 is 0. The second-order valence-corrected chi connectivity index (χ2v) is 6.64. The highest BCUT2D eigenvalue weighted by Crippen LogP contribution is 2.29. The predicted octanol–water partition coefficient (Wildman–Crippen LogP) is 1.79. The third-order valence-electron chi connectivity index (χ3n) is 4.51. The van der Waals surface area contributed by atoms with E-state index in [1.165, 1.54) is 6.34 Å². The molecule has 3 rings (SSSR count). The monoisotopic (exact) mass is 367 g/mol. The number of allylic oxidation sites excluding steroid dienone is 2. The molecule has 27 heavy (non-hydrogen) atoms. The van der Waals surface area contributed by atoms with Crippen LogP contribution in [0.25, 0.3) is 0 Å². The molecule has 0 spiro atoms. The van der Waals surface area contributed by atoms with Gasteiger partial charge in [0.25, 0.3) is 0 Å². The van der Waals surface area contributed by atoms with Crippen LogP contribution in [0.4, 0.5) is 0 Å². The van der Waals surface area contributed by atoms with Crippen LogP contribution in [0.5, 0.6) is 0 Å². The fourth-order valence-corrected chi connectivity index (χ4v) is 3.23. The lowest BCUT2D eigenvalue weighted by Crippen LogP contribution is -2.31. The largest absolute Gasteiger partial charge is 0.393 e. The molecule has 2 unspecified atom stereocenters. The maximum Gasteiger partial charge on any atom is 0.137 e. The number of hydrazone groups is 1. The van der Waals surface area contributed by atoms with Crippen LogP contribution in [0.15, 0.2) is 68.7 Å². The van der Waals surface area contributed by atoms with Gasteiger partial charge in [0, 0.05) is 11.8 Å². The maximum absolute atomic E-state index is 9.90. The minimum atomic E-state index is -0.295. The summed E-state index contributed by atoms with van der Waals surface area (Å²) in [5, 5.41) is 19.8. The Kier molecular flexibility index (Phi) is 5.66. The van der Waals surface area contributed by atoms with E-state index >= 15 is 0 Å². The molecule has 2 aliphatic heterocycles. The Bertz CT molecular complexity index is 816. The van der Waals surface area contributed by atoms with Crippen molar-refractivity contribution in [2.24, 2.45) is 25.8 Å². The number of aliphatic imine (C=N–C) groups is 3. The smallest absolute Gasteiger partial charge is 0.137 e. The number of nitrogens with zero attached hydrogens (tertiary/aromatic N) is 5.